The Hall–Kier alpha value is -2.34. The van der Waals surface area contributed by atoms with Crippen molar-refractivity contribution >= 4 is 11.7 Å². The van der Waals surface area contributed by atoms with Crippen LogP contribution < -0.4 is 10.6 Å². The first kappa shape index (κ1) is 14.1. The molecule has 1 atom stereocenters. The average Bonchev–Trinajstić information content (AvgIpc) is 2.85. The van der Waals surface area contributed by atoms with Crippen molar-refractivity contribution in [2.75, 3.05) is 11.9 Å². The van der Waals surface area contributed by atoms with Gasteiger partial charge in [-0.15, -0.1) is 0 Å². The number of anilines is 1. The summed E-state index contributed by atoms with van der Waals surface area (Å²) in [5.41, 5.74) is 0.0772. The molecule has 0 aliphatic rings. The van der Waals surface area contributed by atoms with Gasteiger partial charge < -0.3 is 20.2 Å². The van der Waals surface area contributed by atoms with Gasteiger partial charge in [-0.3, -0.25) is 0 Å². The fourth-order valence-corrected chi connectivity index (χ4v) is 1.65. The number of halogens is 1. The van der Waals surface area contributed by atoms with E-state index in [2.05, 4.69) is 10.6 Å². The largest absolute Gasteiger partial charge is 0.464 e. The number of benzene rings is 1. The lowest BCUT2D eigenvalue weighted by atomic mass is 10.3. The molecule has 0 spiro atoms. The maximum atomic E-state index is 13.3. The van der Waals surface area contributed by atoms with E-state index in [1.165, 1.54) is 18.2 Å². The van der Waals surface area contributed by atoms with Crippen LogP contribution in [0.5, 0.6) is 0 Å². The van der Waals surface area contributed by atoms with Crippen LogP contribution in [-0.2, 0) is 0 Å². The number of carbonyl (C=O) groups excluding carboxylic acids is 1. The van der Waals surface area contributed by atoms with Gasteiger partial charge in [0.1, 0.15) is 23.4 Å². The molecule has 3 N–H and O–H groups in total. The lowest BCUT2D eigenvalue weighted by Crippen LogP contribution is -2.32. The Bertz CT molecular complexity index is 598. The van der Waals surface area contributed by atoms with Gasteiger partial charge in [0.05, 0.1) is 12.2 Å². The third-order valence-corrected chi connectivity index (χ3v) is 2.67. The van der Waals surface area contributed by atoms with Gasteiger partial charge in [0.25, 0.3) is 0 Å². The van der Waals surface area contributed by atoms with Crippen LogP contribution in [0, 0.1) is 12.7 Å². The van der Waals surface area contributed by atoms with Crippen LogP contribution in [0.25, 0.3) is 0 Å². The van der Waals surface area contributed by atoms with E-state index in [0.717, 1.165) is 0 Å². The van der Waals surface area contributed by atoms with Crippen molar-refractivity contribution in [1.82, 2.24) is 5.32 Å². The molecule has 20 heavy (non-hydrogen) atoms. The lowest BCUT2D eigenvalue weighted by Gasteiger charge is -2.11. The van der Waals surface area contributed by atoms with Crippen molar-refractivity contribution in [2.45, 2.75) is 13.0 Å². The standard InChI is InChI=1S/C14H15FN2O3/c1-9-6-7-13(20-9)12(18)8-16-14(19)17-11-5-3-2-4-10(11)15/h2-7,12,18H,8H2,1H3,(H2,16,17,19). The molecule has 1 unspecified atom stereocenters. The second-order valence-electron chi connectivity index (χ2n) is 4.28. The molecule has 0 bridgehead atoms. The highest BCUT2D eigenvalue weighted by Crippen LogP contribution is 2.15. The average molecular weight is 278 g/mol. The monoisotopic (exact) mass is 278 g/mol. The molecule has 0 fully saturated rings. The summed E-state index contributed by atoms with van der Waals surface area (Å²) in [5.74, 6) is 0.522. The molecule has 0 radical (unpaired) electrons. The number of urea groups is 1. The van der Waals surface area contributed by atoms with Crippen LogP contribution in [0.4, 0.5) is 14.9 Å². The van der Waals surface area contributed by atoms with Crippen molar-refractivity contribution < 1.29 is 18.7 Å². The fraction of sp³-hybridized carbons (Fsp3) is 0.214. The normalized spacial score (nSPS) is 11.9. The summed E-state index contributed by atoms with van der Waals surface area (Å²) in [4.78, 5) is 11.6. The number of hydrogen-bond donors (Lipinski definition) is 3. The molecule has 0 saturated heterocycles. The van der Waals surface area contributed by atoms with E-state index in [4.69, 9.17) is 4.42 Å². The SMILES string of the molecule is Cc1ccc(C(O)CNC(=O)Nc2ccccc2F)o1. The predicted molar refractivity (Wildman–Crippen MR) is 71.8 cm³/mol. The van der Waals surface area contributed by atoms with Crippen molar-refractivity contribution in [2.24, 2.45) is 0 Å². The lowest BCUT2D eigenvalue weighted by molar-refractivity contribution is 0.148. The van der Waals surface area contributed by atoms with Crippen LogP contribution >= 0.6 is 0 Å². The summed E-state index contributed by atoms with van der Waals surface area (Å²) in [6.45, 7) is 1.72. The second-order valence-corrected chi connectivity index (χ2v) is 4.28. The number of hydrogen-bond acceptors (Lipinski definition) is 3. The number of para-hydroxylation sites is 1. The van der Waals surface area contributed by atoms with Gasteiger partial charge in [-0.25, -0.2) is 9.18 Å². The van der Waals surface area contributed by atoms with E-state index < -0.39 is 18.0 Å². The Morgan fingerprint density at radius 3 is 2.75 bits per heavy atom. The molecule has 5 nitrogen and oxygen atoms in total. The Kier molecular flexibility index (Phi) is 4.37. The first-order chi connectivity index (χ1) is 9.56. The van der Waals surface area contributed by atoms with Crippen molar-refractivity contribution in [3.8, 4) is 0 Å². The van der Waals surface area contributed by atoms with Crippen LogP contribution in [0.15, 0.2) is 40.8 Å². The van der Waals surface area contributed by atoms with Crippen LogP contribution in [0.1, 0.15) is 17.6 Å². The van der Waals surface area contributed by atoms with Gasteiger partial charge in [-0.2, -0.15) is 0 Å². The Labute approximate surface area is 115 Å². The molecular weight excluding hydrogens is 263 g/mol. The maximum Gasteiger partial charge on any atom is 0.319 e. The smallest absolute Gasteiger partial charge is 0.319 e. The minimum absolute atomic E-state index is 0.0345. The number of nitrogens with one attached hydrogen (secondary N) is 2. The predicted octanol–water partition coefficient (Wildman–Crippen LogP) is 2.58. The first-order valence-corrected chi connectivity index (χ1v) is 6.10. The minimum atomic E-state index is -0.949. The van der Waals surface area contributed by atoms with Gasteiger partial charge >= 0.3 is 6.03 Å². The van der Waals surface area contributed by atoms with Gasteiger partial charge in [0, 0.05) is 0 Å². The van der Waals surface area contributed by atoms with Crippen molar-refractivity contribution in [3.05, 3.63) is 53.7 Å². The quantitative estimate of drug-likeness (QED) is 0.804. The third-order valence-electron chi connectivity index (χ3n) is 2.67. The molecule has 2 aromatic rings. The zero-order valence-electron chi connectivity index (χ0n) is 10.9. The summed E-state index contributed by atoms with van der Waals surface area (Å²) in [7, 11) is 0. The molecule has 1 aromatic heterocycles. The Morgan fingerprint density at radius 1 is 1.35 bits per heavy atom. The number of rotatable bonds is 4. The number of furan rings is 1. The highest BCUT2D eigenvalue weighted by molar-refractivity contribution is 5.89. The Morgan fingerprint density at radius 2 is 2.10 bits per heavy atom. The third kappa shape index (κ3) is 3.58. The maximum absolute atomic E-state index is 13.3. The van der Waals surface area contributed by atoms with E-state index in [0.29, 0.717) is 11.5 Å². The van der Waals surface area contributed by atoms with Crippen molar-refractivity contribution in [1.29, 1.82) is 0 Å². The zero-order chi connectivity index (χ0) is 14.5. The molecule has 2 amide bonds. The fourth-order valence-electron chi connectivity index (χ4n) is 1.65. The summed E-state index contributed by atoms with van der Waals surface area (Å²) in [5, 5.41) is 14.6. The molecule has 2 rings (SSSR count). The molecule has 1 aromatic carbocycles. The number of aliphatic hydroxyl groups excluding tert-OH is 1. The molecule has 0 aliphatic carbocycles. The van der Waals surface area contributed by atoms with E-state index >= 15 is 0 Å². The summed E-state index contributed by atoms with van der Waals surface area (Å²) in [6.07, 6.45) is -0.949. The first-order valence-electron chi connectivity index (χ1n) is 6.10. The molecule has 106 valence electrons. The van der Waals surface area contributed by atoms with Gasteiger partial charge in [0.2, 0.25) is 0 Å². The van der Waals surface area contributed by atoms with Crippen molar-refractivity contribution in [3.63, 3.8) is 0 Å². The topological polar surface area (TPSA) is 74.5 Å². The number of aryl methyl sites for hydroxylation is 1. The van der Waals surface area contributed by atoms with E-state index in [-0.39, 0.29) is 12.2 Å². The number of carbonyl (C=O) groups is 1. The van der Waals surface area contributed by atoms with Gasteiger partial charge in [0.15, 0.2) is 0 Å². The zero-order valence-corrected chi connectivity index (χ0v) is 10.9. The van der Waals surface area contributed by atoms with Gasteiger partial charge in [-0.05, 0) is 31.2 Å². The number of amides is 2. The molecular formula is C14H15FN2O3. The van der Waals surface area contributed by atoms with E-state index in [9.17, 15) is 14.3 Å². The Balaban J connectivity index is 1.85. The molecule has 6 heteroatoms. The molecule has 0 aliphatic heterocycles. The number of aliphatic hydroxyl groups is 1. The van der Waals surface area contributed by atoms with Crippen LogP contribution in [0.3, 0.4) is 0 Å². The van der Waals surface area contributed by atoms with E-state index in [1.54, 1.807) is 25.1 Å². The highest BCUT2D eigenvalue weighted by Gasteiger charge is 2.13. The summed E-state index contributed by atoms with van der Waals surface area (Å²) in [6, 6.07) is 8.59. The van der Waals surface area contributed by atoms with Crippen LogP contribution in [0.2, 0.25) is 0 Å². The highest BCUT2D eigenvalue weighted by atomic mass is 19.1. The van der Waals surface area contributed by atoms with Gasteiger partial charge in [-0.1, -0.05) is 12.1 Å². The summed E-state index contributed by atoms with van der Waals surface area (Å²) < 4.78 is 18.5. The minimum Gasteiger partial charge on any atom is -0.464 e. The summed E-state index contributed by atoms with van der Waals surface area (Å²) >= 11 is 0. The van der Waals surface area contributed by atoms with E-state index in [1.807, 2.05) is 0 Å². The molecule has 0 saturated carbocycles. The van der Waals surface area contributed by atoms with Crippen LogP contribution in [-0.4, -0.2) is 17.7 Å². The molecule has 1 heterocycles. The second kappa shape index (κ2) is 6.21.